The molecule has 4 heterocycles. The van der Waals surface area contributed by atoms with Gasteiger partial charge in [0.1, 0.15) is 4.83 Å². The molecule has 0 unspecified atom stereocenters. The summed E-state index contributed by atoms with van der Waals surface area (Å²) in [6.45, 7) is 5.01. The summed E-state index contributed by atoms with van der Waals surface area (Å²) in [5.41, 5.74) is 2.83. The van der Waals surface area contributed by atoms with Gasteiger partial charge in [0.15, 0.2) is 21.7 Å². The number of fused-ring (bicyclic) bond motifs is 5. The maximum absolute atomic E-state index is 12.6. The van der Waals surface area contributed by atoms with Crippen molar-refractivity contribution in [3.63, 3.8) is 0 Å². The first-order chi connectivity index (χ1) is 15.1. The molecule has 31 heavy (non-hydrogen) atoms. The number of carbonyl (C=O) groups is 1. The van der Waals surface area contributed by atoms with Gasteiger partial charge < -0.3 is 4.74 Å². The summed E-state index contributed by atoms with van der Waals surface area (Å²) in [6, 6.07) is 9.35. The zero-order chi connectivity index (χ0) is 21.5. The van der Waals surface area contributed by atoms with Gasteiger partial charge in [0, 0.05) is 16.9 Å². The molecule has 5 rings (SSSR count). The van der Waals surface area contributed by atoms with Gasteiger partial charge in [0.25, 0.3) is 0 Å². The number of hydrogen-bond acceptors (Lipinski definition) is 8. The SMILES string of the molecule is CSc1nc2sc3c(c2c2nnc(SCC(=O)c4ccccc4)n12)C[C@@H](C(C)C)OC3. The molecule has 1 atom stereocenters. The normalized spacial score (nSPS) is 16.3. The maximum Gasteiger partial charge on any atom is 0.198 e. The van der Waals surface area contributed by atoms with Crippen LogP contribution in [0.3, 0.4) is 0 Å². The van der Waals surface area contributed by atoms with Crippen molar-refractivity contribution in [2.24, 2.45) is 5.92 Å². The fourth-order valence-electron chi connectivity index (χ4n) is 3.82. The van der Waals surface area contributed by atoms with E-state index in [9.17, 15) is 4.79 Å². The third-order valence-electron chi connectivity index (χ3n) is 5.51. The van der Waals surface area contributed by atoms with Crippen LogP contribution in [-0.4, -0.2) is 43.5 Å². The minimum atomic E-state index is 0.0759. The highest BCUT2D eigenvalue weighted by molar-refractivity contribution is 8.00. The Labute approximate surface area is 192 Å². The van der Waals surface area contributed by atoms with Crippen molar-refractivity contribution >= 4 is 56.5 Å². The number of benzene rings is 1. The van der Waals surface area contributed by atoms with E-state index in [0.29, 0.717) is 29.0 Å². The van der Waals surface area contributed by atoms with Gasteiger partial charge in [-0.25, -0.2) is 9.38 Å². The number of rotatable bonds is 6. The third kappa shape index (κ3) is 3.77. The van der Waals surface area contributed by atoms with Gasteiger partial charge in [0.2, 0.25) is 0 Å². The number of thioether (sulfide) groups is 2. The van der Waals surface area contributed by atoms with Crippen LogP contribution >= 0.6 is 34.9 Å². The second-order valence-electron chi connectivity index (χ2n) is 7.80. The summed E-state index contributed by atoms with van der Waals surface area (Å²) in [5.74, 6) is 0.833. The molecule has 0 bridgehead atoms. The van der Waals surface area contributed by atoms with Crippen LogP contribution in [0.25, 0.3) is 15.9 Å². The van der Waals surface area contributed by atoms with E-state index in [1.165, 1.54) is 22.2 Å². The van der Waals surface area contributed by atoms with E-state index in [4.69, 9.17) is 9.72 Å². The molecule has 1 aliphatic rings. The molecule has 0 N–H and O–H groups in total. The first kappa shape index (κ1) is 20.9. The summed E-state index contributed by atoms with van der Waals surface area (Å²) >= 11 is 4.66. The fraction of sp³-hybridized carbons (Fsp3) is 0.364. The van der Waals surface area contributed by atoms with Crippen molar-refractivity contribution in [1.82, 2.24) is 19.6 Å². The van der Waals surface area contributed by atoms with E-state index >= 15 is 0 Å². The van der Waals surface area contributed by atoms with Crippen LogP contribution < -0.4 is 0 Å². The molecule has 0 saturated carbocycles. The molecule has 0 amide bonds. The van der Waals surface area contributed by atoms with Crippen LogP contribution in [0.15, 0.2) is 40.6 Å². The van der Waals surface area contributed by atoms with Crippen molar-refractivity contribution in [2.45, 2.75) is 43.3 Å². The predicted molar refractivity (Wildman–Crippen MR) is 127 cm³/mol. The standard InChI is InChI=1S/C22H22N4O2S3/c1-12(2)16-9-14-17(10-28-16)31-20-18(14)19-24-25-22(26(19)21(23-20)29-3)30-11-15(27)13-7-5-4-6-8-13/h4-8,12,16H,9-11H2,1-3H3/t16-/m0/s1. The number of aromatic nitrogens is 4. The van der Waals surface area contributed by atoms with Gasteiger partial charge in [0.05, 0.1) is 23.8 Å². The maximum atomic E-state index is 12.6. The summed E-state index contributed by atoms with van der Waals surface area (Å²) in [5, 5.41) is 11.6. The number of nitrogens with zero attached hydrogens (tertiary/aromatic N) is 4. The van der Waals surface area contributed by atoms with E-state index in [0.717, 1.165) is 27.4 Å². The average molecular weight is 471 g/mol. The Morgan fingerprint density at radius 1 is 1.26 bits per heavy atom. The molecule has 3 aromatic heterocycles. The Balaban J connectivity index is 1.55. The Kier molecular flexibility index (Phi) is 5.76. The zero-order valence-electron chi connectivity index (χ0n) is 17.5. The molecule has 0 radical (unpaired) electrons. The first-order valence-corrected chi connectivity index (χ1v) is 13.2. The van der Waals surface area contributed by atoms with Crippen molar-refractivity contribution in [1.29, 1.82) is 0 Å². The zero-order valence-corrected chi connectivity index (χ0v) is 19.9. The molecule has 4 aromatic rings. The van der Waals surface area contributed by atoms with Gasteiger partial charge in [-0.05, 0) is 17.7 Å². The van der Waals surface area contributed by atoms with Gasteiger partial charge >= 0.3 is 0 Å². The Morgan fingerprint density at radius 2 is 2.06 bits per heavy atom. The molecule has 1 aromatic carbocycles. The predicted octanol–water partition coefficient (Wildman–Crippen LogP) is 5.13. The molecule has 0 saturated heterocycles. The molecule has 9 heteroatoms. The molecule has 1 aliphatic heterocycles. The third-order valence-corrected chi connectivity index (χ3v) is 8.17. The topological polar surface area (TPSA) is 69.4 Å². The van der Waals surface area contributed by atoms with Crippen molar-refractivity contribution in [3.8, 4) is 0 Å². The van der Waals surface area contributed by atoms with E-state index in [2.05, 4.69) is 24.0 Å². The lowest BCUT2D eigenvalue weighted by molar-refractivity contribution is 0.00203. The van der Waals surface area contributed by atoms with Gasteiger partial charge in [-0.2, -0.15) is 0 Å². The van der Waals surface area contributed by atoms with Crippen LogP contribution in [0.2, 0.25) is 0 Å². The number of ether oxygens (including phenoxy) is 1. The van der Waals surface area contributed by atoms with Crippen LogP contribution in [0.4, 0.5) is 0 Å². The van der Waals surface area contributed by atoms with Crippen LogP contribution in [0.1, 0.15) is 34.6 Å². The molecule has 160 valence electrons. The molecular formula is C22H22N4O2S3. The highest BCUT2D eigenvalue weighted by Crippen LogP contribution is 2.40. The summed E-state index contributed by atoms with van der Waals surface area (Å²) in [4.78, 5) is 19.7. The highest BCUT2D eigenvalue weighted by atomic mass is 32.2. The number of carbonyl (C=O) groups excluding carboxylic acids is 1. The second-order valence-corrected chi connectivity index (χ2v) is 10.6. The van der Waals surface area contributed by atoms with Crippen LogP contribution in [0.5, 0.6) is 0 Å². The first-order valence-electron chi connectivity index (χ1n) is 10.1. The summed E-state index contributed by atoms with van der Waals surface area (Å²) in [6.07, 6.45) is 3.07. The smallest absolute Gasteiger partial charge is 0.198 e. The quantitative estimate of drug-likeness (QED) is 0.220. The van der Waals surface area contributed by atoms with Crippen LogP contribution in [-0.2, 0) is 17.8 Å². The Morgan fingerprint density at radius 3 is 2.81 bits per heavy atom. The van der Waals surface area contributed by atoms with E-state index in [-0.39, 0.29) is 11.9 Å². The molecule has 0 fully saturated rings. The minimum absolute atomic E-state index is 0.0759. The van der Waals surface area contributed by atoms with Crippen molar-refractivity contribution < 1.29 is 9.53 Å². The molecule has 0 aliphatic carbocycles. The number of thiophene rings is 1. The lowest BCUT2D eigenvalue weighted by Crippen LogP contribution is -2.26. The average Bonchev–Trinajstić information content (AvgIpc) is 3.37. The Hall–Kier alpha value is -1.94. The summed E-state index contributed by atoms with van der Waals surface area (Å²) < 4.78 is 8.07. The lowest BCUT2D eigenvalue weighted by atomic mass is 9.96. The van der Waals surface area contributed by atoms with Gasteiger partial charge in [-0.1, -0.05) is 67.7 Å². The molecule has 6 nitrogen and oxygen atoms in total. The van der Waals surface area contributed by atoms with E-state index in [1.54, 1.807) is 23.1 Å². The molecular weight excluding hydrogens is 448 g/mol. The van der Waals surface area contributed by atoms with Crippen molar-refractivity contribution in [3.05, 3.63) is 46.3 Å². The van der Waals surface area contributed by atoms with E-state index in [1.807, 2.05) is 41.0 Å². The van der Waals surface area contributed by atoms with Crippen LogP contribution in [0, 0.1) is 5.92 Å². The summed E-state index contributed by atoms with van der Waals surface area (Å²) in [7, 11) is 0. The number of hydrogen-bond donors (Lipinski definition) is 0. The molecule has 0 spiro atoms. The second kappa shape index (κ2) is 8.54. The Bertz CT molecular complexity index is 1270. The largest absolute Gasteiger partial charge is 0.372 e. The highest BCUT2D eigenvalue weighted by Gasteiger charge is 2.29. The lowest BCUT2D eigenvalue weighted by Gasteiger charge is -2.26. The fourth-order valence-corrected chi connectivity index (χ4v) is 6.42. The van der Waals surface area contributed by atoms with Gasteiger partial charge in [-0.15, -0.1) is 21.5 Å². The number of ketones is 1. The number of Topliss-reactive ketones (excluding diaryl/α,β-unsaturated/α-hetero) is 1. The van der Waals surface area contributed by atoms with E-state index < -0.39 is 0 Å². The minimum Gasteiger partial charge on any atom is -0.372 e. The monoisotopic (exact) mass is 470 g/mol. The van der Waals surface area contributed by atoms with Crippen molar-refractivity contribution in [2.75, 3.05) is 12.0 Å². The van der Waals surface area contributed by atoms with Gasteiger partial charge in [-0.3, -0.25) is 4.79 Å².